The zero-order valence-corrected chi connectivity index (χ0v) is 12.2. The van der Waals surface area contributed by atoms with Crippen LogP contribution >= 0.6 is 0 Å². The van der Waals surface area contributed by atoms with Crippen molar-refractivity contribution < 1.29 is 24.5 Å². The SMILES string of the molecule is Cc1cccc(OCCCC(=O)NC(C(=O)O)C(C)O)c1. The van der Waals surface area contributed by atoms with Crippen molar-refractivity contribution >= 4 is 11.9 Å². The molecular formula is C15H21NO5. The van der Waals surface area contributed by atoms with Crippen LogP contribution < -0.4 is 10.1 Å². The highest BCUT2D eigenvalue weighted by Crippen LogP contribution is 2.12. The first-order valence-electron chi connectivity index (χ1n) is 6.80. The summed E-state index contributed by atoms with van der Waals surface area (Å²) >= 11 is 0. The summed E-state index contributed by atoms with van der Waals surface area (Å²) in [6.45, 7) is 3.64. The van der Waals surface area contributed by atoms with Gasteiger partial charge in [0.1, 0.15) is 5.75 Å². The van der Waals surface area contributed by atoms with Crippen molar-refractivity contribution in [3.8, 4) is 5.75 Å². The maximum absolute atomic E-state index is 11.6. The number of carbonyl (C=O) groups excluding carboxylic acids is 1. The zero-order valence-electron chi connectivity index (χ0n) is 12.2. The average Bonchev–Trinajstić information content (AvgIpc) is 2.40. The van der Waals surface area contributed by atoms with Crippen LogP contribution in [0.5, 0.6) is 5.75 Å². The molecule has 1 amide bonds. The number of aliphatic hydroxyl groups is 1. The molecule has 21 heavy (non-hydrogen) atoms. The number of carboxylic acids is 1. The molecule has 0 saturated carbocycles. The van der Waals surface area contributed by atoms with Gasteiger partial charge in [-0.3, -0.25) is 4.79 Å². The second kappa shape index (κ2) is 8.26. The number of amides is 1. The standard InChI is InChI=1S/C15H21NO5/c1-10-5-3-6-12(9-10)21-8-4-7-13(18)16-14(11(2)17)15(19)20/h3,5-6,9,11,14,17H,4,7-8H2,1-2H3,(H,16,18)(H,19,20). The van der Waals surface area contributed by atoms with Gasteiger partial charge in [-0.1, -0.05) is 12.1 Å². The van der Waals surface area contributed by atoms with E-state index in [9.17, 15) is 14.7 Å². The predicted molar refractivity (Wildman–Crippen MR) is 77.2 cm³/mol. The van der Waals surface area contributed by atoms with Gasteiger partial charge in [-0.15, -0.1) is 0 Å². The van der Waals surface area contributed by atoms with Gasteiger partial charge in [0.2, 0.25) is 5.91 Å². The molecule has 0 aromatic heterocycles. The average molecular weight is 295 g/mol. The molecule has 0 aliphatic heterocycles. The Balaban J connectivity index is 2.29. The number of carbonyl (C=O) groups is 2. The Kier molecular flexibility index (Phi) is 6.68. The van der Waals surface area contributed by atoms with Crippen LogP contribution in [0, 0.1) is 6.92 Å². The molecule has 1 aromatic rings. The highest BCUT2D eigenvalue weighted by molar-refractivity contribution is 5.83. The van der Waals surface area contributed by atoms with E-state index in [1.54, 1.807) is 0 Å². The number of ether oxygens (including phenoxy) is 1. The van der Waals surface area contributed by atoms with E-state index < -0.39 is 24.0 Å². The lowest BCUT2D eigenvalue weighted by Gasteiger charge is -2.16. The molecule has 3 N–H and O–H groups in total. The predicted octanol–water partition coefficient (Wildman–Crippen LogP) is 1.10. The summed E-state index contributed by atoms with van der Waals surface area (Å²) in [5.41, 5.74) is 1.09. The zero-order chi connectivity index (χ0) is 15.8. The highest BCUT2D eigenvalue weighted by Gasteiger charge is 2.24. The molecule has 2 unspecified atom stereocenters. The Morgan fingerprint density at radius 3 is 2.67 bits per heavy atom. The Morgan fingerprint density at radius 1 is 1.38 bits per heavy atom. The molecular weight excluding hydrogens is 274 g/mol. The highest BCUT2D eigenvalue weighted by atomic mass is 16.5. The first kappa shape index (κ1) is 17.0. The molecule has 2 atom stereocenters. The van der Waals surface area contributed by atoms with E-state index in [1.807, 2.05) is 31.2 Å². The molecule has 1 aromatic carbocycles. The quantitative estimate of drug-likeness (QED) is 0.624. The Bertz CT molecular complexity index is 487. The summed E-state index contributed by atoms with van der Waals surface area (Å²) < 4.78 is 5.49. The fourth-order valence-corrected chi connectivity index (χ4v) is 1.76. The van der Waals surface area contributed by atoms with E-state index in [2.05, 4.69) is 5.32 Å². The van der Waals surface area contributed by atoms with Crippen molar-refractivity contribution in [2.75, 3.05) is 6.61 Å². The number of rotatable bonds is 8. The second-order valence-corrected chi connectivity index (χ2v) is 4.89. The van der Waals surface area contributed by atoms with Crippen molar-refractivity contribution in [1.82, 2.24) is 5.32 Å². The lowest BCUT2D eigenvalue weighted by Crippen LogP contribution is -2.47. The van der Waals surface area contributed by atoms with Crippen LogP contribution in [0.1, 0.15) is 25.3 Å². The number of nitrogens with one attached hydrogen (secondary N) is 1. The minimum atomic E-state index is -1.28. The number of benzene rings is 1. The normalized spacial score (nSPS) is 13.3. The molecule has 116 valence electrons. The molecule has 0 heterocycles. The van der Waals surface area contributed by atoms with Crippen molar-refractivity contribution in [3.63, 3.8) is 0 Å². The molecule has 6 nitrogen and oxygen atoms in total. The summed E-state index contributed by atoms with van der Waals surface area (Å²) in [6, 6.07) is 6.30. The maximum Gasteiger partial charge on any atom is 0.328 e. The summed E-state index contributed by atoms with van der Waals surface area (Å²) in [7, 11) is 0. The van der Waals surface area contributed by atoms with Crippen LogP contribution in [-0.4, -0.2) is 40.8 Å². The minimum absolute atomic E-state index is 0.141. The van der Waals surface area contributed by atoms with Crippen LogP contribution in [0.3, 0.4) is 0 Å². The van der Waals surface area contributed by atoms with Crippen LogP contribution in [0.4, 0.5) is 0 Å². The molecule has 0 bridgehead atoms. The molecule has 0 fully saturated rings. The van der Waals surface area contributed by atoms with E-state index >= 15 is 0 Å². The van der Waals surface area contributed by atoms with Crippen LogP contribution in [0.2, 0.25) is 0 Å². The Labute approximate surface area is 123 Å². The number of carboxylic acid groups (broad SMARTS) is 1. The van der Waals surface area contributed by atoms with Crippen LogP contribution in [-0.2, 0) is 9.59 Å². The molecule has 0 radical (unpaired) electrons. The largest absolute Gasteiger partial charge is 0.494 e. The number of hydrogen-bond donors (Lipinski definition) is 3. The maximum atomic E-state index is 11.6. The first-order chi connectivity index (χ1) is 9.90. The van der Waals surface area contributed by atoms with E-state index in [1.165, 1.54) is 6.92 Å². The molecule has 0 aliphatic rings. The first-order valence-corrected chi connectivity index (χ1v) is 6.80. The fourth-order valence-electron chi connectivity index (χ4n) is 1.76. The van der Waals surface area contributed by atoms with Gasteiger partial charge >= 0.3 is 5.97 Å². The second-order valence-electron chi connectivity index (χ2n) is 4.89. The van der Waals surface area contributed by atoms with Gasteiger partial charge in [-0.25, -0.2) is 4.79 Å². The number of hydrogen-bond acceptors (Lipinski definition) is 4. The van der Waals surface area contributed by atoms with Crippen LogP contribution in [0.15, 0.2) is 24.3 Å². The van der Waals surface area contributed by atoms with Crippen molar-refractivity contribution in [2.45, 2.75) is 38.8 Å². The lowest BCUT2D eigenvalue weighted by atomic mass is 10.1. The van der Waals surface area contributed by atoms with Crippen molar-refractivity contribution in [1.29, 1.82) is 0 Å². The summed E-state index contributed by atoms with van der Waals surface area (Å²) in [5, 5.41) is 20.4. The van der Waals surface area contributed by atoms with Gasteiger partial charge in [0.15, 0.2) is 6.04 Å². The molecule has 6 heteroatoms. The summed E-state index contributed by atoms with van der Waals surface area (Å²) in [6.07, 6.45) is -0.538. The number of aliphatic hydroxyl groups excluding tert-OH is 1. The number of aliphatic carboxylic acids is 1. The van der Waals surface area contributed by atoms with Crippen molar-refractivity contribution in [2.24, 2.45) is 0 Å². The number of aryl methyl sites for hydroxylation is 1. The third-order valence-corrected chi connectivity index (χ3v) is 2.87. The monoisotopic (exact) mass is 295 g/mol. The summed E-state index contributed by atoms with van der Waals surface area (Å²) in [4.78, 5) is 22.4. The fraction of sp³-hybridized carbons (Fsp3) is 0.467. The van der Waals surface area contributed by atoms with E-state index in [-0.39, 0.29) is 6.42 Å². The third-order valence-electron chi connectivity index (χ3n) is 2.87. The summed E-state index contributed by atoms with van der Waals surface area (Å²) in [5.74, 6) is -0.937. The Hall–Kier alpha value is -2.08. The van der Waals surface area contributed by atoms with Crippen LogP contribution in [0.25, 0.3) is 0 Å². The third kappa shape index (κ3) is 6.27. The van der Waals surface area contributed by atoms with E-state index in [4.69, 9.17) is 9.84 Å². The molecule has 0 spiro atoms. The van der Waals surface area contributed by atoms with Gasteiger partial charge in [0, 0.05) is 6.42 Å². The van der Waals surface area contributed by atoms with Gasteiger partial charge in [0.05, 0.1) is 12.7 Å². The van der Waals surface area contributed by atoms with Gasteiger partial charge in [-0.2, -0.15) is 0 Å². The van der Waals surface area contributed by atoms with Gasteiger partial charge < -0.3 is 20.3 Å². The van der Waals surface area contributed by atoms with Gasteiger partial charge in [0.25, 0.3) is 0 Å². The lowest BCUT2D eigenvalue weighted by molar-refractivity contribution is -0.144. The molecule has 0 saturated heterocycles. The Morgan fingerprint density at radius 2 is 2.10 bits per heavy atom. The molecule has 1 rings (SSSR count). The van der Waals surface area contributed by atoms with E-state index in [0.717, 1.165) is 11.3 Å². The topological polar surface area (TPSA) is 95.9 Å². The van der Waals surface area contributed by atoms with E-state index in [0.29, 0.717) is 13.0 Å². The van der Waals surface area contributed by atoms with Crippen molar-refractivity contribution in [3.05, 3.63) is 29.8 Å². The smallest absolute Gasteiger partial charge is 0.328 e. The van der Waals surface area contributed by atoms with Gasteiger partial charge in [-0.05, 0) is 38.0 Å². The minimum Gasteiger partial charge on any atom is -0.494 e. The molecule has 0 aliphatic carbocycles.